The van der Waals surface area contributed by atoms with E-state index < -0.39 is 0 Å². The molecule has 3 rings (SSSR count). The number of aliphatic imine (C=N–C) groups is 2. The van der Waals surface area contributed by atoms with Crippen molar-refractivity contribution in [3.05, 3.63) is 87.2 Å². The van der Waals surface area contributed by atoms with Crippen LogP contribution < -0.4 is 37.2 Å². The van der Waals surface area contributed by atoms with Crippen LogP contribution in [0.1, 0.15) is 163 Å². The third kappa shape index (κ3) is 17.3. The van der Waals surface area contributed by atoms with Crippen LogP contribution in [0.4, 0.5) is 11.4 Å². The summed E-state index contributed by atoms with van der Waals surface area (Å²) in [6.45, 7) is 13.7. The monoisotopic (exact) mass is 777 g/mol. The molecule has 0 aliphatic rings. The van der Waals surface area contributed by atoms with Crippen LogP contribution in [-0.4, -0.2) is 17.4 Å². The fourth-order valence-electron chi connectivity index (χ4n) is 6.15. The van der Waals surface area contributed by atoms with E-state index in [9.17, 15) is 0 Å². The van der Waals surface area contributed by atoms with Crippen molar-refractivity contribution in [2.45, 2.75) is 157 Å². The number of unbranched alkanes of at least 4 members (excludes halogenated alkanes) is 6. The van der Waals surface area contributed by atoms with Crippen molar-refractivity contribution in [2.24, 2.45) is 9.98 Å². The predicted molar refractivity (Wildman–Crippen MR) is 203 cm³/mol. The van der Waals surface area contributed by atoms with E-state index in [1.807, 2.05) is 12.4 Å². The molecule has 0 atom stereocenters. The molecule has 279 valence electrons. The number of benzene rings is 2. The first-order valence-electron chi connectivity index (χ1n) is 18.9. The number of aromatic nitrogens is 1. The Bertz CT molecular complexity index is 1230. The minimum atomic E-state index is 0. The summed E-state index contributed by atoms with van der Waals surface area (Å²) in [5, 5.41) is 0. The number of aryl methyl sites for hydroxylation is 6. The molecule has 0 unspecified atom stereocenters. The largest absolute Gasteiger partial charge is 1.00 e. The summed E-state index contributed by atoms with van der Waals surface area (Å²) in [7, 11) is 0. The van der Waals surface area contributed by atoms with Crippen LogP contribution in [0, 0.1) is 0 Å². The Morgan fingerprint density at radius 3 is 1.02 bits per heavy atom. The van der Waals surface area contributed by atoms with Gasteiger partial charge in [0.25, 0.3) is 0 Å². The Labute approximate surface area is 337 Å². The van der Waals surface area contributed by atoms with Gasteiger partial charge in [-0.2, -0.15) is 0 Å². The zero-order valence-electron chi connectivity index (χ0n) is 31.8. The van der Waals surface area contributed by atoms with Crippen molar-refractivity contribution in [1.29, 1.82) is 0 Å². The third-order valence-electron chi connectivity index (χ3n) is 8.94. The van der Waals surface area contributed by atoms with E-state index in [0.29, 0.717) is 0 Å². The van der Waals surface area contributed by atoms with Gasteiger partial charge in [-0.1, -0.05) is 110 Å². The summed E-state index contributed by atoms with van der Waals surface area (Å²) in [4.78, 5) is 15.3. The van der Waals surface area contributed by atoms with Gasteiger partial charge >= 0.3 is 0 Å². The Hall–Kier alpha value is -1.62. The van der Waals surface area contributed by atoms with E-state index in [1.54, 1.807) is 0 Å². The number of nitrogens with zero attached hydrogens (tertiary/aromatic N) is 3. The second-order valence-electron chi connectivity index (χ2n) is 13.2. The fraction of sp³-hybridized carbons (Fsp3) is 0.558. The van der Waals surface area contributed by atoms with Crippen molar-refractivity contribution >= 4 is 23.8 Å². The zero-order chi connectivity index (χ0) is 33.0. The zero-order valence-corrected chi connectivity index (χ0v) is 35.5. The average molecular weight is 779 g/mol. The first-order valence-corrected chi connectivity index (χ1v) is 18.9. The van der Waals surface area contributed by atoms with Gasteiger partial charge in [0.1, 0.15) is 0 Å². The molecule has 1 radical (unpaired) electrons. The molecule has 0 aliphatic carbocycles. The number of rotatable bonds is 22. The molecule has 50 heavy (non-hydrogen) atoms. The van der Waals surface area contributed by atoms with E-state index in [2.05, 4.69) is 84.0 Å². The van der Waals surface area contributed by atoms with Gasteiger partial charge in [0, 0.05) is 18.6 Å². The number of hydrogen-bond donors (Lipinski definition) is 0. The first-order chi connectivity index (χ1) is 22.6. The third-order valence-corrected chi connectivity index (χ3v) is 8.94. The SMILES string of the molecule is CCCCc1cc(CCCC)c(N=Cc2cccc(C=Nc3c(CCCC)cc(CCCC)cc3CCCC)n2)c(CCCC)c1.[Cl-].[Cl-].[Cl-].[V]. The quantitative estimate of drug-likeness (QED) is 0.144. The van der Waals surface area contributed by atoms with Crippen molar-refractivity contribution < 1.29 is 55.8 Å². The van der Waals surface area contributed by atoms with Gasteiger partial charge in [-0.3, -0.25) is 9.98 Å². The van der Waals surface area contributed by atoms with Crippen LogP contribution in [-0.2, 0) is 57.1 Å². The molecule has 0 aliphatic heterocycles. The Morgan fingerprint density at radius 2 is 0.740 bits per heavy atom. The maximum absolute atomic E-state index is 5.16. The number of halogens is 3. The molecule has 1 aromatic heterocycles. The second kappa shape index (κ2) is 29.9. The normalized spacial score (nSPS) is 10.8. The summed E-state index contributed by atoms with van der Waals surface area (Å²) in [5.74, 6) is 0. The summed E-state index contributed by atoms with van der Waals surface area (Å²) in [5.41, 5.74) is 12.7. The molecule has 0 saturated heterocycles. The summed E-state index contributed by atoms with van der Waals surface area (Å²) >= 11 is 0. The topological polar surface area (TPSA) is 37.6 Å². The van der Waals surface area contributed by atoms with E-state index in [1.165, 1.54) is 122 Å². The van der Waals surface area contributed by atoms with Crippen LogP contribution in [0.5, 0.6) is 0 Å². The molecule has 0 fully saturated rings. The molecule has 1 heterocycles. The molecular weight excluding hydrogens is 716 g/mol. The van der Waals surface area contributed by atoms with E-state index >= 15 is 0 Å². The molecule has 0 bridgehead atoms. The van der Waals surface area contributed by atoms with Crippen LogP contribution in [0.2, 0.25) is 0 Å². The van der Waals surface area contributed by atoms with Crippen molar-refractivity contribution in [1.82, 2.24) is 4.98 Å². The average Bonchev–Trinajstić information content (AvgIpc) is 3.08. The first kappa shape index (κ1) is 50.5. The molecule has 3 aromatic rings. The summed E-state index contributed by atoms with van der Waals surface area (Å²) < 4.78 is 0. The molecule has 0 amide bonds. The molecule has 0 saturated carbocycles. The van der Waals surface area contributed by atoms with Crippen molar-refractivity contribution in [2.75, 3.05) is 0 Å². The minimum absolute atomic E-state index is 0. The molecule has 3 nitrogen and oxygen atoms in total. The maximum Gasteiger partial charge on any atom is 0.0820 e. The van der Waals surface area contributed by atoms with Crippen LogP contribution >= 0.6 is 0 Å². The van der Waals surface area contributed by atoms with Gasteiger partial charge in [0.05, 0.1) is 35.2 Å². The molecular formula is C43H63Cl3N3V-3. The van der Waals surface area contributed by atoms with Crippen molar-refractivity contribution in [3.63, 3.8) is 0 Å². The second-order valence-corrected chi connectivity index (χ2v) is 13.2. The minimum Gasteiger partial charge on any atom is -1.00 e. The molecule has 2 aromatic carbocycles. The summed E-state index contributed by atoms with van der Waals surface area (Å²) in [6.07, 6.45) is 25.1. The van der Waals surface area contributed by atoms with Crippen molar-refractivity contribution in [3.8, 4) is 0 Å². The predicted octanol–water partition coefficient (Wildman–Crippen LogP) is 3.65. The van der Waals surface area contributed by atoms with Crippen LogP contribution in [0.3, 0.4) is 0 Å². The maximum atomic E-state index is 5.16. The smallest absolute Gasteiger partial charge is 0.0820 e. The van der Waals surface area contributed by atoms with Crippen LogP contribution in [0.25, 0.3) is 0 Å². The Morgan fingerprint density at radius 1 is 0.460 bits per heavy atom. The Balaban J connectivity index is 0. The van der Waals surface area contributed by atoms with Gasteiger partial charge in [0.15, 0.2) is 0 Å². The van der Waals surface area contributed by atoms with E-state index in [4.69, 9.17) is 15.0 Å². The summed E-state index contributed by atoms with van der Waals surface area (Å²) in [6, 6.07) is 16.0. The molecule has 0 spiro atoms. The van der Waals surface area contributed by atoms with Gasteiger partial charge in [-0.05, 0) is 123 Å². The Kier molecular flexibility index (Phi) is 30.2. The van der Waals surface area contributed by atoms with Gasteiger partial charge < -0.3 is 37.2 Å². The number of pyridine rings is 1. The standard InChI is InChI=1S/C43H63N3.3ClH.V/c1-7-13-20-34-28-36(22-15-9-3)42(37(29-34)23-16-10-4)44-32-40-26-19-27-41(46-40)33-45-43-38(24-17-11-5)30-35(21-14-8-2)31-39(43)25-18-12-6;;;;/h19,26-33H,7-18,20-25H2,1-6H3;3*1H;/p-3. The van der Waals surface area contributed by atoms with Gasteiger partial charge in [-0.15, -0.1) is 0 Å². The number of hydrogen-bond acceptors (Lipinski definition) is 3. The van der Waals surface area contributed by atoms with Gasteiger partial charge in [0.2, 0.25) is 0 Å². The van der Waals surface area contributed by atoms with Crippen LogP contribution in [0.15, 0.2) is 52.4 Å². The molecule has 7 heteroatoms. The van der Waals surface area contributed by atoms with E-state index in [-0.39, 0.29) is 55.8 Å². The molecule has 0 N–H and O–H groups in total. The van der Waals surface area contributed by atoms with Gasteiger partial charge in [-0.25, -0.2) is 4.98 Å². The fourth-order valence-corrected chi connectivity index (χ4v) is 6.15. The van der Waals surface area contributed by atoms with E-state index in [0.717, 1.165) is 49.9 Å².